The smallest absolute Gasteiger partial charge is 0.306 e. The second kappa shape index (κ2) is 21.5. The third kappa shape index (κ3) is 17.4. The molecule has 2 N–H and O–H groups in total. The molecule has 0 aromatic heterocycles. The highest BCUT2D eigenvalue weighted by molar-refractivity contribution is 6.57. The summed E-state index contributed by atoms with van der Waals surface area (Å²) in [5.74, 6) is -2.19. The topological polar surface area (TPSA) is 131 Å². The first kappa shape index (κ1) is 35.1. The van der Waals surface area contributed by atoms with Crippen molar-refractivity contribution < 1.29 is 33.4 Å². The summed E-state index contributed by atoms with van der Waals surface area (Å²) in [4.78, 5) is 60.9. The van der Waals surface area contributed by atoms with E-state index < -0.39 is 17.6 Å². The molecule has 0 aliphatic carbocycles. The minimum atomic E-state index is -0.863. The molecular weight excluding hydrogens is 549 g/mol. The fourth-order valence-electron chi connectivity index (χ4n) is 4.07. The van der Waals surface area contributed by atoms with Crippen LogP contribution in [-0.4, -0.2) is 68.5 Å². The number of ether oxygens (including phenoxy) is 2. The van der Waals surface area contributed by atoms with Crippen LogP contribution in [0.1, 0.15) is 68.9 Å². The van der Waals surface area contributed by atoms with Gasteiger partial charge in [0.2, 0.25) is 19.7 Å². The number of carbonyl (C=O) groups is 5. The van der Waals surface area contributed by atoms with E-state index in [9.17, 15) is 24.0 Å². The highest BCUT2D eigenvalue weighted by atomic mass is 16.5. The number of amides is 3. The largest absolute Gasteiger partial charge is 0.461 e. The van der Waals surface area contributed by atoms with Crippen LogP contribution in [0.5, 0.6) is 0 Å². The number of benzene rings is 2. The molecule has 0 aliphatic rings. The Bertz CT molecular complexity index is 1130. The van der Waals surface area contributed by atoms with Crippen molar-refractivity contribution in [2.45, 2.75) is 71.0 Å². The van der Waals surface area contributed by atoms with Crippen LogP contribution in [0.3, 0.4) is 0 Å². The number of unbranched alkanes of at least 4 members (excludes halogenated alkanes) is 5. The van der Waals surface area contributed by atoms with Crippen molar-refractivity contribution in [2.75, 3.05) is 26.2 Å². The lowest BCUT2D eigenvalue weighted by molar-refractivity contribution is -0.146. The van der Waals surface area contributed by atoms with E-state index in [1.165, 1.54) is 0 Å². The molecule has 2 radical (unpaired) electrons. The lowest BCUT2D eigenvalue weighted by atomic mass is 10.1. The SMILES string of the molecule is [B]C(=O)N(CC(=O)NCCCCCCC(=O)OCc1ccccc1)CC(=O)NCCCCCC(=O)OCc1ccccc1. The predicted molar refractivity (Wildman–Crippen MR) is 163 cm³/mol. The number of nitrogens with one attached hydrogen (secondary N) is 2. The van der Waals surface area contributed by atoms with E-state index in [4.69, 9.17) is 17.3 Å². The monoisotopic (exact) mass is 591 g/mol. The van der Waals surface area contributed by atoms with Crippen molar-refractivity contribution in [1.29, 1.82) is 0 Å². The zero-order valence-corrected chi connectivity index (χ0v) is 24.8. The number of carbonyl (C=O) groups excluding carboxylic acids is 5. The van der Waals surface area contributed by atoms with Crippen LogP contribution < -0.4 is 10.6 Å². The standard InChI is InChI=1S/C32H42BN3O7/c33-32(41)36(23-29(38)35-21-13-5-11-19-31(40)43-25-27-16-8-4-9-17-27)22-28(37)34-20-12-2-1-10-18-30(39)42-24-26-14-6-3-7-15-26/h3-4,6-9,14-17H,1-2,5,10-13,18-25H2,(H,34,37)(H,35,38). The van der Waals surface area contributed by atoms with Crippen LogP contribution in [0.25, 0.3) is 0 Å². The summed E-state index contributed by atoms with van der Waals surface area (Å²) in [6, 6.07) is 19.0. The Labute approximate surface area is 255 Å². The highest BCUT2D eigenvalue weighted by Gasteiger charge is 2.16. The first-order chi connectivity index (χ1) is 20.8. The van der Waals surface area contributed by atoms with Gasteiger partial charge in [0.05, 0.1) is 13.1 Å². The molecule has 0 atom stereocenters. The highest BCUT2D eigenvalue weighted by Crippen LogP contribution is 2.07. The van der Waals surface area contributed by atoms with Gasteiger partial charge in [-0.2, -0.15) is 0 Å². The minimum absolute atomic E-state index is 0.232. The van der Waals surface area contributed by atoms with Crippen LogP contribution in [-0.2, 0) is 41.9 Å². The van der Waals surface area contributed by atoms with Crippen LogP contribution >= 0.6 is 0 Å². The molecule has 11 heteroatoms. The second-order valence-electron chi connectivity index (χ2n) is 10.2. The fourth-order valence-corrected chi connectivity index (χ4v) is 4.07. The van der Waals surface area contributed by atoms with Crippen molar-refractivity contribution in [1.82, 2.24) is 15.5 Å². The summed E-state index contributed by atoms with van der Waals surface area (Å²) >= 11 is 0. The van der Waals surface area contributed by atoms with Crippen molar-refractivity contribution in [3.63, 3.8) is 0 Å². The van der Waals surface area contributed by atoms with Gasteiger partial charge in [0.25, 0.3) is 0 Å². The minimum Gasteiger partial charge on any atom is -0.461 e. The van der Waals surface area contributed by atoms with E-state index in [2.05, 4.69) is 10.6 Å². The Hall–Kier alpha value is -4.15. The summed E-state index contributed by atoms with van der Waals surface area (Å²) in [5.41, 5.74) is 1.88. The maximum atomic E-state index is 12.2. The Morgan fingerprint density at radius 3 is 1.40 bits per heavy atom. The van der Waals surface area contributed by atoms with Gasteiger partial charge in [-0.1, -0.05) is 79.9 Å². The van der Waals surface area contributed by atoms with Crippen LogP contribution in [0.2, 0.25) is 0 Å². The molecule has 0 spiro atoms. The first-order valence-electron chi connectivity index (χ1n) is 14.8. The lowest BCUT2D eigenvalue weighted by Crippen LogP contribution is -2.45. The first-order valence-corrected chi connectivity index (χ1v) is 14.8. The zero-order chi connectivity index (χ0) is 31.1. The number of hydrogen-bond acceptors (Lipinski definition) is 7. The molecule has 0 saturated carbocycles. The van der Waals surface area contributed by atoms with E-state index in [0.717, 1.165) is 35.3 Å². The normalized spacial score (nSPS) is 10.4. The number of hydrogen-bond donors (Lipinski definition) is 2. The molecule has 2 aromatic carbocycles. The number of nitrogens with zero attached hydrogens (tertiary/aromatic N) is 1. The van der Waals surface area contributed by atoms with Gasteiger partial charge in [-0.15, -0.1) is 0 Å². The number of rotatable bonds is 21. The third-order valence-electron chi connectivity index (χ3n) is 6.48. The van der Waals surface area contributed by atoms with Gasteiger partial charge in [-0.3, -0.25) is 24.0 Å². The van der Waals surface area contributed by atoms with Gasteiger partial charge in [0.15, 0.2) is 5.81 Å². The number of esters is 2. The average Bonchev–Trinajstić information content (AvgIpc) is 3.00. The molecule has 10 nitrogen and oxygen atoms in total. The molecule has 2 rings (SSSR count). The molecule has 0 saturated heterocycles. The van der Waals surface area contributed by atoms with Crippen LogP contribution in [0, 0.1) is 0 Å². The van der Waals surface area contributed by atoms with Crippen molar-refractivity contribution in [3.05, 3.63) is 71.8 Å². The molecule has 0 heterocycles. The van der Waals surface area contributed by atoms with Gasteiger partial charge in [-0.05, 0) is 36.8 Å². The Morgan fingerprint density at radius 1 is 0.581 bits per heavy atom. The van der Waals surface area contributed by atoms with Crippen molar-refractivity contribution >= 4 is 37.4 Å². The van der Waals surface area contributed by atoms with Crippen molar-refractivity contribution in [2.24, 2.45) is 0 Å². The zero-order valence-electron chi connectivity index (χ0n) is 24.8. The molecule has 230 valence electrons. The quantitative estimate of drug-likeness (QED) is 0.128. The molecule has 3 amide bonds. The maximum Gasteiger partial charge on any atom is 0.306 e. The molecule has 0 unspecified atom stereocenters. The van der Waals surface area contributed by atoms with Crippen LogP contribution in [0.15, 0.2) is 60.7 Å². The lowest BCUT2D eigenvalue weighted by Gasteiger charge is -2.20. The van der Waals surface area contributed by atoms with E-state index in [0.29, 0.717) is 51.6 Å². The molecule has 0 bridgehead atoms. The fraction of sp³-hybridized carbons (Fsp3) is 0.469. The second-order valence-corrected chi connectivity index (χ2v) is 10.2. The predicted octanol–water partition coefficient (Wildman–Crippen LogP) is 3.81. The Kier molecular flexibility index (Phi) is 17.6. The average molecular weight is 592 g/mol. The van der Waals surface area contributed by atoms with Crippen LogP contribution in [0.4, 0.5) is 4.79 Å². The summed E-state index contributed by atoms with van der Waals surface area (Å²) in [5, 5.41) is 5.43. The van der Waals surface area contributed by atoms with Gasteiger partial charge in [0, 0.05) is 25.9 Å². The van der Waals surface area contributed by atoms with E-state index >= 15 is 0 Å². The van der Waals surface area contributed by atoms with E-state index in [-0.39, 0.29) is 38.2 Å². The maximum absolute atomic E-state index is 12.2. The van der Waals surface area contributed by atoms with Gasteiger partial charge in [0.1, 0.15) is 13.2 Å². The van der Waals surface area contributed by atoms with Crippen molar-refractivity contribution in [3.8, 4) is 0 Å². The summed E-state index contributed by atoms with van der Waals surface area (Å²) in [6.07, 6.45) is 5.72. The third-order valence-corrected chi connectivity index (χ3v) is 6.48. The molecule has 2 aromatic rings. The Morgan fingerprint density at radius 2 is 0.977 bits per heavy atom. The molecular formula is C32H42BN3O7. The van der Waals surface area contributed by atoms with Gasteiger partial charge in [-0.25, -0.2) is 0 Å². The summed E-state index contributed by atoms with van der Waals surface area (Å²) < 4.78 is 10.5. The summed E-state index contributed by atoms with van der Waals surface area (Å²) in [7, 11) is 5.35. The molecule has 43 heavy (non-hydrogen) atoms. The molecule has 0 fully saturated rings. The molecule has 0 aliphatic heterocycles. The van der Waals surface area contributed by atoms with E-state index in [1.54, 1.807) is 0 Å². The summed E-state index contributed by atoms with van der Waals surface area (Å²) in [6.45, 7) is 0.665. The van der Waals surface area contributed by atoms with Gasteiger partial charge >= 0.3 is 11.9 Å². The van der Waals surface area contributed by atoms with E-state index in [1.807, 2.05) is 60.7 Å². The van der Waals surface area contributed by atoms with Gasteiger partial charge < -0.3 is 25.0 Å². The Balaban J connectivity index is 1.46.